The third kappa shape index (κ3) is 47.3. The van der Waals surface area contributed by atoms with Crippen LogP contribution in [0.2, 0.25) is 0 Å². The van der Waals surface area contributed by atoms with Crippen molar-refractivity contribution in [1.82, 2.24) is 0 Å². The zero-order valence-corrected chi connectivity index (χ0v) is 40.3. The first kappa shape index (κ1) is 59.0. The summed E-state index contributed by atoms with van der Waals surface area (Å²) < 4.78 is 32.6. The van der Waals surface area contributed by atoms with Gasteiger partial charge in [0, 0.05) is 19.4 Å². The number of phosphoric acid groups is 1. The molecule has 0 aliphatic carbocycles. The van der Waals surface area contributed by atoms with Gasteiger partial charge in [0.15, 0.2) is 6.10 Å². The largest absolute Gasteiger partial charge is 0.472 e. The van der Waals surface area contributed by atoms with E-state index in [0.29, 0.717) is 6.42 Å². The number of carbonyl (C=O) groups is 2. The van der Waals surface area contributed by atoms with Crippen molar-refractivity contribution in [3.63, 3.8) is 0 Å². The van der Waals surface area contributed by atoms with E-state index < -0.39 is 32.5 Å². The average Bonchev–Trinajstić information content (AvgIpc) is 3.25. The molecule has 0 fully saturated rings. The lowest BCUT2D eigenvalue weighted by molar-refractivity contribution is -0.161. The molecule has 0 aromatic rings. The molecule has 0 bridgehead atoms. The number of ether oxygens (including phenoxy) is 2. The molecule has 10 heteroatoms. The molecule has 0 amide bonds. The number of hydrogen-bond donors (Lipinski definition) is 2. The van der Waals surface area contributed by atoms with E-state index >= 15 is 0 Å². The first-order valence-electron chi connectivity index (χ1n) is 25.1. The number of allylic oxidation sites excluding steroid dienone is 8. The second kappa shape index (κ2) is 47.4. The molecular formula is C51H94NO8P. The fraction of sp³-hybridized carbons (Fsp3) is 0.804. The molecule has 356 valence electrons. The van der Waals surface area contributed by atoms with E-state index in [1.807, 2.05) is 0 Å². The standard InChI is InChI=1S/C51H94NO8P/c1-3-5-7-9-10-11-12-13-14-15-16-17-18-19-20-21-22-23-24-25-26-27-28-29-30-31-32-33-34-35-36-37-38-40-42-44-51(54)60-49(48-59-61(55,56)58-46-45-52)47-57-50(53)43-41-39-8-6-4-2/h5,7,10-11,13-14,16-17,49H,3-4,6,8-9,12,15,18-48,52H2,1-2H3,(H,55,56)/b7-5-,11-10-,14-13-,17-16-. The quantitative estimate of drug-likeness (QED) is 0.0265. The van der Waals surface area contributed by atoms with Crippen LogP contribution in [-0.4, -0.2) is 49.3 Å². The normalized spacial score (nSPS) is 13.6. The molecule has 3 N–H and O–H groups in total. The van der Waals surface area contributed by atoms with Gasteiger partial charge in [-0.15, -0.1) is 0 Å². The molecule has 0 saturated heterocycles. The van der Waals surface area contributed by atoms with Gasteiger partial charge in [-0.25, -0.2) is 4.57 Å². The van der Waals surface area contributed by atoms with Gasteiger partial charge in [0.25, 0.3) is 0 Å². The van der Waals surface area contributed by atoms with E-state index in [1.165, 1.54) is 128 Å². The Morgan fingerprint density at radius 3 is 1.34 bits per heavy atom. The lowest BCUT2D eigenvalue weighted by Gasteiger charge is -2.19. The number of unbranched alkanes of at least 4 members (excludes halogenated alkanes) is 26. The van der Waals surface area contributed by atoms with Gasteiger partial charge in [0.2, 0.25) is 0 Å². The van der Waals surface area contributed by atoms with Gasteiger partial charge in [0.1, 0.15) is 6.61 Å². The van der Waals surface area contributed by atoms with Crippen LogP contribution in [0.1, 0.15) is 232 Å². The summed E-state index contributed by atoms with van der Waals surface area (Å²) in [5, 5.41) is 0. The number of phosphoric ester groups is 1. The van der Waals surface area contributed by atoms with Crippen molar-refractivity contribution in [2.45, 2.75) is 238 Å². The van der Waals surface area contributed by atoms with Crippen molar-refractivity contribution in [3.8, 4) is 0 Å². The Morgan fingerprint density at radius 2 is 0.902 bits per heavy atom. The molecule has 0 radical (unpaired) electrons. The van der Waals surface area contributed by atoms with Crippen molar-refractivity contribution in [3.05, 3.63) is 48.6 Å². The van der Waals surface area contributed by atoms with Crippen LogP contribution in [0.4, 0.5) is 0 Å². The van der Waals surface area contributed by atoms with Gasteiger partial charge >= 0.3 is 19.8 Å². The molecule has 0 aliphatic heterocycles. The van der Waals surface area contributed by atoms with Crippen LogP contribution in [-0.2, 0) is 32.7 Å². The summed E-state index contributed by atoms with van der Waals surface area (Å²) in [6.07, 6.45) is 56.7. The monoisotopic (exact) mass is 880 g/mol. The summed E-state index contributed by atoms with van der Waals surface area (Å²) in [6.45, 7) is 3.54. The van der Waals surface area contributed by atoms with Crippen LogP contribution in [0, 0.1) is 0 Å². The first-order chi connectivity index (χ1) is 29.8. The molecule has 2 atom stereocenters. The molecule has 0 aliphatic rings. The van der Waals surface area contributed by atoms with Gasteiger partial charge in [-0.1, -0.05) is 217 Å². The lowest BCUT2D eigenvalue weighted by Crippen LogP contribution is -2.29. The average molecular weight is 880 g/mol. The smallest absolute Gasteiger partial charge is 0.462 e. The minimum Gasteiger partial charge on any atom is -0.462 e. The van der Waals surface area contributed by atoms with Gasteiger partial charge in [-0.05, 0) is 51.4 Å². The highest BCUT2D eigenvalue weighted by molar-refractivity contribution is 7.47. The van der Waals surface area contributed by atoms with Crippen molar-refractivity contribution in [2.24, 2.45) is 5.73 Å². The van der Waals surface area contributed by atoms with E-state index in [1.54, 1.807) is 0 Å². The van der Waals surface area contributed by atoms with Gasteiger partial charge in [-0.2, -0.15) is 0 Å². The Morgan fingerprint density at radius 1 is 0.508 bits per heavy atom. The number of rotatable bonds is 47. The minimum atomic E-state index is -4.36. The number of carbonyl (C=O) groups excluding carboxylic acids is 2. The summed E-state index contributed by atoms with van der Waals surface area (Å²) in [7, 11) is -4.36. The Hall–Kier alpha value is -2.03. The van der Waals surface area contributed by atoms with Crippen LogP contribution in [0.3, 0.4) is 0 Å². The molecule has 0 rings (SSSR count). The van der Waals surface area contributed by atoms with Crippen LogP contribution in [0.25, 0.3) is 0 Å². The Bertz CT molecular complexity index is 1140. The van der Waals surface area contributed by atoms with E-state index in [9.17, 15) is 19.0 Å². The molecule has 9 nitrogen and oxygen atoms in total. The van der Waals surface area contributed by atoms with Gasteiger partial charge in [-0.3, -0.25) is 18.6 Å². The second-order valence-electron chi connectivity index (χ2n) is 16.7. The fourth-order valence-electron chi connectivity index (χ4n) is 7.04. The molecule has 0 aromatic heterocycles. The predicted octanol–water partition coefficient (Wildman–Crippen LogP) is 15.1. The summed E-state index contributed by atoms with van der Waals surface area (Å²) in [4.78, 5) is 34.6. The molecule has 61 heavy (non-hydrogen) atoms. The molecule has 0 spiro atoms. The summed E-state index contributed by atoms with van der Waals surface area (Å²) in [5.41, 5.74) is 5.33. The van der Waals surface area contributed by atoms with Crippen LogP contribution in [0.5, 0.6) is 0 Å². The second-order valence-corrected chi connectivity index (χ2v) is 18.1. The SMILES string of the molecule is CC/C=C\C/C=C\C/C=C\C/C=C\CCCCCCCCCCCCCCCCCCCCCCCCC(=O)OC(COC(=O)CCCCCCC)COP(=O)(O)OCCN. The van der Waals surface area contributed by atoms with Crippen molar-refractivity contribution < 1.29 is 37.6 Å². The summed E-state index contributed by atoms with van der Waals surface area (Å²) in [6, 6.07) is 0. The van der Waals surface area contributed by atoms with Crippen LogP contribution >= 0.6 is 7.82 Å². The highest BCUT2D eigenvalue weighted by Crippen LogP contribution is 2.43. The highest BCUT2D eigenvalue weighted by Gasteiger charge is 2.26. The molecular weight excluding hydrogens is 786 g/mol. The molecule has 0 aromatic carbocycles. The number of nitrogens with two attached hydrogens (primary N) is 1. The number of hydrogen-bond acceptors (Lipinski definition) is 8. The zero-order valence-electron chi connectivity index (χ0n) is 39.4. The van der Waals surface area contributed by atoms with Crippen molar-refractivity contribution >= 4 is 19.8 Å². The Kier molecular flexibility index (Phi) is 45.9. The van der Waals surface area contributed by atoms with Gasteiger partial charge < -0.3 is 20.1 Å². The zero-order chi connectivity index (χ0) is 44.6. The van der Waals surface area contributed by atoms with Gasteiger partial charge in [0.05, 0.1) is 13.2 Å². The molecule has 0 heterocycles. The van der Waals surface area contributed by atoms with E-state index in [0.717, 1.165) is 70.6 Å². The summed E-state index contributed by atoms with van der Waals surface area (Å²) in [5.74, 6) is -0.835. The van der Waals surface area contributed by atoms with E-state index in [-0.39, 0.29) is 32.6 Å². The first-order valence-corrected chi connectivity index (χ1v) is 26.6. The topological polar surface area (TPSA) is 134 Å². The molecule has 2 unspecified atom stereocenters. The Labute approximate surface area is 375 Å². The minimum absolute atomic E-state index is 0.0548. The Balaban J connectivity index is 3.68. The lowest BCUT2D eigenvalue weighted by atomic mass is 10.0. The van der Waals surface area contributed by atoms with Crippen LogP contribution in [0.15, 0.2) is 48.6 Å². The van der Waals surface area contributed by atoms with E-state index in [4.69, 9.17) is 24.3 Å². The molecule has 0 saturated carbocycles. The predicted molar refractivity (Wildman–Crippen MR) is 257 cm³/mol. The maximum atomic E-state index is 12.5. The summed E-state index contributed by atoms with van der Waals surface area (Å²) >= 11 is 0. The van der Waals surface area contributed by atoms with Crippen LogP contribution < -0.4 is 5.73 Å². The number of esters is 2. The van der Waals surface area contributed by atoms with Crippen molar-refractivity contribution in [1.29, 1.82) is 0 Å². The maximum absolute atomic E-state index is 12.5. The highest BCUT2D eigenvalue weighted by atomic mass is 31.2. The maximum Gasteiger partial charge on any atom is 0.472 e. The third-order valence-corrected chi connectivity index (χ3v) is 11.7. The fourth-order valence-corrected chi connectivity index (χ4v) is 7.80. The third-order valence-electron chi connectivity index (χ3n) is 10.7. The van der Waals surface area contributed by atoms with Crippen molar-refractivity contribution in [2.75, 3.05) is 26.4 Å². The van der Waals surface area contributed by atoms with E-state index in [2.05, 4.69) is 62.5 Å².